The summed E-state index contributed by atoms with van der Waals surface area (Å²) >= 11 is 0. The summed E-state index contributed by atoms with van der Waals surface area (Å²) in [5.74, 6) is 1.35. The second-order valence-electron chi connectivity index (χ2n) is 10.3. The highest BCUT2D eigenvalue weighted by atomic mass is 16.7. The molecule has 43 heavy (non-hydrogen) atoms. The van der Waals surface area contributed by atoms with Crippen molar-refractivity contribution in [1.82, 2.24) is 9.80 Å². The lowest BCUT2D eigenvalue weighted by molar-refractivity contribution is -0.0147. The van der Waals surface area contributed by atoms with Crippen LogP contribution < -0.4 is 9.47 Å². The second kappa shape index (κ2) is 21.4. The second-order valence-corrected chi connectivity index (χ2v) is 10.3. The van der Waals surface area contributed by atoms with E-state index in [-0.39, 0.29) is 13.6 Å². The van der Waals surface area contributed by atoms with Gasteiger partial charge in [0, 0.05) is 45.3 Å². The minimum atomic E-state index is 0.151. The fourth-order valence-corrected chi connectivity index (χ4v) is 4.55. The molecular formula is C32H48N2O9. The van der Waals surface area contributed by atoms with Crippen molar-refractivity contribution in [2.24, 2.45) is 0 Å². The Kier molecular flexibility index (Phi) is 16.7. The molecule has 11 heteroatoms. The lowest BCUT2D eigenvalue weighted by Gasteiger charge is -2.23. The molecule has 3 aliphatic rings. The van der Waals surface area contributed by atoms with Crippen LogP contribution in [0.4, 0.5) is 0 Å². The molecule has 2 aromatic carbocycles. The number of hydrogen-bond acceptors (Lipinski definition) is 11. The van der Waals surface area contributed by atoms with Crippen LogP contribution in [-0.2, 0) is 46.4 Å². The zero-order chi connectivity index (χ0) is 29.6. The van der Waals surface area contributed by atoms with Crippen LogP contribution in [0.2, 0.25) is 0 Å². The summed E-state index contributed by atoms with van der Waals surface area (Å²) in [5, 5.41) is 0. The fraction of sp³-hybridized carbons (Fsp3) is 0.625. The van der Waals surface area contributed by atoms with E-state index in [1.54, 1.807) is 0 Å². The maximum atomic E-state index is 6.04. The fourth-order valence-electron chi connectivity index (χ4n) is 4.55. The molecule has 6 bridgehead atoms. The van der Waals surface area contributed by atoms with Gasteiger partial charge in [0.05, 0.1) is 79.3 Å². The third-order valence-corrected chi connectivity index (χ3v) is 7.01. The van der Waals surface area contributed by atoms with Crippen LogP contribution in [-0.4, -0.2) is 129 Å². The third-order valence-electron chi connectivity index (χ3n) is 7.01. The maximum Gasteiger partial charge on any atom is 0.189 e. The quantitative estimate of drug-likeness (QED) is 0.416. The molecule has 0 aromatic heterocycles. The molecular weight excluding hydrogens is 556 g/mol. The van der Waals surface area contributed by atoms with Gasteiger partial charge in [-0.1, -0.05) is 30.3 Å². The number of ether oxygens (including phenoxy) is 9. The first-order valence-corrected chi connectivity index (χ1v) is 15.3. The molecule has 5 rings (SSSR count). The van der Waals surface area contributed by atoms with Gasteiger partial charge in [-0.2, -0.15) is 0 Å². The van der Waals surface area contributed by atoms with Crippen LogP contribution in [0.5, 0.6) is 11.5 Å². The molecule has 240 valence electrons. The molecule has 0 saturated carbocycles. The van der Waals surface area contributed by atoms with Crippen LogP contribution in [0, 0.1) is 0 Å². The van der Waals surface area contributed by atoms with Crippen LogP contribution in [0.25, 0.3) is 0 Å². The summed E-state index contributed by atoms with van der Waals surface area (Å²) in [4.78, 5) is 4.55. The number of hydrogen-bond donors (Lipinski definition) is 0. The number of rotatable bonds is 0. The topological polar surface area (TPSA) is 89.6 Å². The first kappa shape index (κ1) is 33.6. The van der Waals surface area contributed by atoms with Gasteiger partial charge in [0.2, 0.25) is 0 Å². The van der Waals surface area contributed by atoms with Crippen molar-refractivity contribution in [2.45, 2.75) is 13.2 Å². The first-order chi connectivity index (χ1) is 21.3. The summed E-state index contributed by atoms with van der Waals surface area (Å²) < 4.78 is 52.6. The van der Waals surface area contributed by atoms with Crippen molar-refractivity contribution in [3.63, 3.8) is 0 Å². The minimum absolute atomic E-state index is 0.151. The van der Waals surface area contributed by atoms with Gasteiger partial charge in [-0.05, 0) is 23.3 Å². The summed E-state index contributed by atoms with van der Waals surface area (Å²) in [7, 11) is 0. The Morgan fingerprint density at radius 2 is 0.791 bits per heavy atom. The van der Waals surface area contributed by atoms with Crippen LogP contribution >= 0.6 is 0 Å². The maximum absolute atomic E-state index is 6.04. The van der Waals surface area contributed by atoms with Gasteiger partial charge in [0.15, 0.2) is 13.6 Å². The van der Waals surface area contributed by atoms with Gasteiger partial charge in [-0.3, -0.25) is 9.80 Å². The van der Waals surface area contributed by atoms with Crippen LogP contribution in [0.1, 0.15) is 11.1 Å². The van der Waals surface area contributed by atoms with Crippen LogP contribution in [0.15, 0.2) is 48.5 Å². The summed E-state index contributed by atoms with van der Waals surface area (Å²) in [6.07, 6.45) is 0. The van der Waals surface area contributed by atoms with Crippen molar-refractivity contribution >= 4 is 0 Å². The Hall–Kier alpha value is -2.32. The Labute approximate surface area is 255 Å². The number of nitrogens with zero attached hydrogens (tertiary/aromatic N) is 2. The summed E-state index contributed by atoms with van der Waals surface area (Å²) in [6.45, 7) is 11.5. The smallest absolute Gasteiger partial charge is 0.189 e. The monoisotopic (exact) mass is 604 g/mol. The average Bonchev–Trinajstić information content (AvgIpc) is 3.02. The molecule has 0 amide bonds. The van der Waals surface area contributed by atoms with Crippen molar-refractivity contribution in [3.05, 3.63) is 59.7 Å². The number of fused-ring (bicyclic) bond motifs is 24. The van der Waals surface area contributed by atoms with Gasteiger partial charge in [-0.25, -0.2) is 0 Å². The van der Waals surface area contributed by atoms with E-state index in [4.69, 9.17) is 42.6 Å². The van der Waals surface area contributed by atoms with E-state index in [2.05, 4.69) is 34.1 Å². The Morgan fingerprint density at radius 3 is 1.28 bits per heavy atom. The lowest BCUT2D eigenvalue weighted by atomic mass is 10.1. The van der Waals surface area contributed by atoms with Gasteiger partial charge in [0.1, 0.15) is 11.5 Å². The van der Waals surface area contributed by atoms with Crippen LogP contribution in [0.3, 0.4) is 0 Å². The predicted octanol–water partition coefficient (Wildman–Crippen LogP) is 2.81. The third kappa shape index (κ3) is 14.8. The Morgan fingerprint density at radius 1 is 0.395 bits per heavy atom. The summed E-state index contributed by atoms with van der Waals surface area (Å²) in [5.41, 5.74) is 2.27. The molecule has 3 heterocycles. The highest BCUT2D eigenvalue weighted by Gasteiger charge is 2.09. The largest absolute Gasteiger partial charge is 0.467 e. The standard InChI is InChI=1S/C32H48N2O9/c1-3-29-23-30(4-1)26-39-16-10-34-8-14-36-20-22-37-21-19-35-13-7-33(9-15-38-25-29)11-17-40-27-42-31-5-2-6-32(24-31)43-28-41-18-12-34/h1-6,23-24H,7-22,25-28H2. The Bertz CT molecular complexity index is 930. The van der Waals surface area contributed by atoms with E-state index in [0.29, 0.717) is 90.8 Å². The molecule has 2 unspecified atom stereocenters. The predicted molar refractivity (Wildman–Crippen MR) is 160 cm³/mol. The Balaban J connectivity index is 1.40. The summed E-state index contributed by atoms with van der Waals surface area (Å²) in [6, 6.07) is 15.9. The highest BCUT2D eigenvalue weighted by molar-refractivity contribution is 5.32. The SMILES string of the molecule is c1cc2cc(c1)COCCN1CCOCCOCCOCCN(CCOCOc3cccc(c3)OCOCC1)CCOC2. The van der Waals surface area contributed by atoms with E-state index in [1.165, 1.54) is 0 Å². The van der Waals surface area contributed by atoms with E-state index >= 15 is 0 Å². The molecule has 3 aliphatic heterocycles. The minimum Gasteiger partial charge on any atom is -0.467 e. The zero-order valence-electron chi connectivity index (χ0n) is 25.3. The zero-order valence-corrected chi connectivity index (χ0v) is 25.3. The molecule has 2 aromatic rings. The lowest BCUT2D eigenvalue weighted by Crippen LogP contribution is -2.34. The van der Waals surface area contributed by atoms with E-state index < -0.39 is 0 Å². The van der Waals surface area contributed by atoms with E-state index in [9.17, 15) is 0 Å². The molecule has 2 atom stereocenters. The van der Waals surface area contributed by atoms with Gasteiger partial charge < -0.3 is 42.6 Å². The van der Waals surface area contributed by atoms with Crippen molar-refractivity contribution in [3.8, 4) is 11.5 Å². The molecule has 11 nitrogen and oxygen atoms in total. The normalized spacial score (nSPS) is 24.0. The molecule has 0 N–H and O–H groups in total. The van der Waals surface area contributed by atoms with Crippen molar-refractivity contribution in [1.29, 1.82) is 0 Å². The van der Waals surface area contributed by atoms with Gasteiger partial charge in [0.25, 0.3) is 0 Å². The average molecular weight is 605 g/mol. The van der Waals surface area contributed by atoms with E-state index in [1.807, 2.05) is 24.3 Å². The van der Waals surface area contributed by atoms with Crippen molar-refractivity contribution in [2.75, 3.05) is 119 Å². The van der Waals surface area contributed by atoms with Crippen molar-refractivity contribution < 1.29 is 42.6 Å². The molecule has 0 saturated heterocycles. The van der Waals surface area contributed by atoms with E-state index in [0.717, 1.165) is 50.4 Å². The first-order valence-electron chi connectivity index (χ1n) is 15.3. The molecule has 0 fully saturated rings. The highest BCUT2D eigenvalue weighted by Crippen LogP contribution is 2.19. The molecule has 0 radical (unpaired) electrons. The molecule has 0 spiro atoms. The molecule has 0 aliphatic carbocycles. The van der Waals surface area contributed by atoms with Gasteiger partial charge in [-0.15, -0.1) is 0 Å². The van der Waals surface area contributed by atoms with Gasteiger partial charge >= 0.3 is 0 Å². The number of benzene rings is 2.